The van der Waals surface area contributed by atoms with Crippen LogP contribution in [0.4, 0.5) is 4.79 Å². The largest absolute Gasteiger partial charge is 0.481 e. The van der Waals surface area contributed by atoms with Crippen LogP contribution in [0.2, 0.25) is 0 Å². The molecule has 0 radical (unpaired) electrons. The summed E-state index contributed by atoms with van der Waals surface area (Å²) in [4.78, 5) is 35.5. The zero-order valence-corrected chi connectivity index (χ0v) is 11.4. The van der Waals surface area contributed by atoms with Crippen molar-refractivity contribution in [3.63, 3.8) is 0 Å². The van der Waals surface area contributed by atoms with Gasteiger partial charge < -0.3 is 20.1 Å². The van der Waals surface area contributed by atoms with E-state index in [0.29, 0.717) is 12.8 Å². The summed E-state index contributed by atoms with van der Waals surface area (Å²) in [5.41, 5.74) is -0.816. The molecule has 0 aliphatic heterocycles. The van der Waals surface area contributed by atoms with Crippen LogP contribution in [0.3, 0.4) is 0 Å². The van der Waals surface area contributed by atoms with Gasteiger partial charge in [-0.15, -0.1) is 0 Å². The monoisotopic (exact) mass is 272 g/mol. The van der Waals surface area contributed by atoms with E-state index in [0.717, 1.165) is 0 Å². The second-order valence-corrected chi connectivity index (χ2v) is 5.04. The summed E-state index contributed by atoms with van der Waals surface area (Å²) in [5, 5.41) is 11.6. The van der Waals surface area contributed by atoms with E-state index in [1.165, 1.54) is 12.0 Å². The summed E-state index contributed by atoms with van der Waals surface area (Å²) in [6.45, 7) is 3.48. The molecule has 7 nitrogen and oxygen atoms in total. The zero-order chi connectivity index (χ0) is 14.6. The Balaban J connectivity index is 2.53. The minimum atomic E-state index is -0.892. The molecular weight excluding hydrogens is 252 g/mol. The van der Waals surface area contributed by atoms with Crippen LogP contribution in [0, 0.1) is 5.41 Å². The van der Waals surface area contributed by atoms with Crippen molar-refractivity contribution in [3.05, 3.63) is 0 Å². The Hall–Kier alpha value is -1.79. The molecule has 19 heavy (non-hydrogen) atoms. The van der Waals surface area contributed by atoms with Crippen molar-refractivity contribution in [2.24, 2.45) is 5.41 Å². The maximum absolute atomic E-state index is 11.9. The van der Waals surface area contributed by atoms with Gasteiger partial charge in [-0.2, -0.15) is 0 Å². The number of rotatable bonds is 6. The number of methoxy groups -OCH3 is 1. The molecule has 0 atom stereocenters. The summed E-state index contributed by atoms with van der Waals surface area (Å²) in [6, 6.07) is -0.632. The Morgan fingerprint density at radius 3 is 2.32 bits per heavy atom. The summed E-state index contributed by atoms with van der Waals surface area (Å²) in [6.07, 6.45) is 1.14. The molecule has 7 heteroatoms. The van der Waals surface area contributed by atoms with Crippen LogP contribution >= 0.6 is 0 Å². The van der Waals surface area contributed by atoms with Crippen LogP contribution in [0.15, 0.2) is 0 Å². The van der Waals surface area contributed by atoms with Crippen molar-refractivity contribution in [2.45, 2.75) is 32.7 Å². The molecule has 0 heterocycles. The summed E-state index contributed by atoms with van der Waals surface area (Å²) < 4.78 is 4.52. The first-order valence-electron chi connectivity index (χ1n) is 6.17. The van der Waals surface area contributed by atoms with Crippen molar-refractivity contribution in [3.8, 4) is 0 Å². The Kier molecular flexibility index (Phi) is 4.74. The fraction of sp³-hybridized carbons (Fsp3) is 0.750. The summed E-state index contributed by atoms with van der Waals surface area (Å²) >= 11 is 0. The number of amides is 2. The number of urea groups is 1. The van der Waals surface area contributed by atoms with E-state index in [4.69, 9.17) is 5.11 Å². The van der Waals surface area contributed by atoms with Gasteiger partial charge in [0.1, 0.15) is 6.54 Å². The second-order valence-electron chi connectivity index (χ2n) is 5.04. The zero-order valence-electron chi connectivity index (χ0n) is 11.4. The number of esters is 1. The molecule has 0 spiro atoms. The van der Waals surface area contributed by atoms with Gasteiger partial charge in [0.05, 0.1) is 12.5 Å². The number of carboxylic acids is 1. The average molecular weight is 272 g/mol. The number of aliphatic carboxylic acids is 1. The maximum atomic E-state index is 11.9. The lowest BCUT2D eigenvalue weighted by Gasteiger charge is -2.26. The van der Waals surface area contributed by atoms with Gasteiger partial charge in [0, 0.05) is 12.6 Å². The van der Waals surface area contributed by atoms with Crippen molar-refractivity contribution >= 4 is 18.0 Å². The first-order valence-corrected chi connectivity index (χ1v) is 6.17. The number of ether oxygens (including phenoxy) is 1. The van der Waals surface area contributed by atoms with E-state index < -0.39 is 23.4 Å². The van der Waals surface area contributed by atoms with Crippen LogP contribution in [0.1, 0.15) is 26.7 Å². The Morgan fingerprint density at radius 2 is 1.95 bits per heavy atom. The number of hydrogen-bond donors (Lipinski definition) is 2. The smallest absolute Gasteiger partial charge is 0.325 e. The highest BCUT2D eigenvalue weighted by Crippen LogP contribution is 2.45. The lowest BCUT2D eigenvalue weighted by Crippen LogP contribution is -2.48. The van der Waals surface area contributed by atoms with E-state index in [1.54, 1.807) is 13.8 Å². The van der Waals surface area contributed by atoms with Gasteiger partial charge in [-0.05, 0) is 26.7 Å². The number of carbonyl (C=O) groups is 3. The van der Waals surface area contributed by atoms with Gasteiger partial charge in [0.15, 0.2) is 0 Å². The fourth-order valence-corrected chi connectivity index (χ4v) is 1.66. The molecular formula is C12H20N2O5. The van der Waals surface area contributed by atoms with Crippen LogP contribution in [-0.4, -0.2) is 54.2 Å². The van der Waals surface area contributed by atoms with E-state index in [-0.39, 0.29) is 19.1 Å². The van der Waals surface area contributed by atoms with E-state index in [1.807, 2.05) is 0 Å². The van der Waals surface area contributed by atoms with Crippen LogP contribution in [0.5, 0.6) is 0 Å². The number of carboxylic acid groups (broad SMARTS) is 1. The molecule has 1 aliphatic carbocycles. The molecule has 2 amide bonds. The molecule has 1 aliphatic rings. The fourth-order valence-electron chi connectivity index (χ4n) is 1.66. The van der Waals surface area contributed by atoms with Crippen molar-refractivity contribution in [1.29, 1.82) is 0 Å². The maximum Gasteiger partial charge on any atom is 0.325 e. The van der Waals surface area contributed by atoms with Gasteiger partial charge >= 0.3 is 18.0 Å². The molecule has 2 N–H and O–H groups in total. The van der Waals surface area contributed by atoms with Gasteiger partial charge in [-0.3, -0.25) is 9.59 Å². The predicted molar refractivity (Wildman–Crippen MR) is 66.6 cm³/mol. The van der Waals surface area contributed by atoms with E-state index in [9.17, 15) is 14.4 Å². The van der Waals surface area contributed by atoms with Crippen molar-refractivity contribution < 1.29 is 24.2 Å². The summed E-state index contributed by atoms with van der Waals surface area (Å²) in [7, 11) is 1.25. The molecule has 0 aromatic rings. The predicted octanol–water partition coefficient (Wildman–Crippen LogP) is 0.444. The van der Waals surface area contributed by atoms with Crippen LogP contribution < -0.4 is 5.32 Å². The highest BCUT2D eigenvalue weighted by molar-refractivity contribution is 5.83. The number of nitrogens with zero attached hydrogens (tertiary/aromatic N) is 1. The van der Waals surface area contributed by atoms with Gasteiger partial charge in [0.2, 0.25) is 0 Å². The van der Waals surface area contributed by atoms with Crippen molar-refractivity contribution in [1.82, 2.24) is 10.2 Å². The Bertz CT molecular complexity index is 376. The molecule has 0 saturated heterocycles. The van der Waals surface area contributed by atoms with Gasteiger partial charge in [-0.25, -0.2) is 4.79 Å². The number of hydrogen-bond acceptors (Lipinski definition) is 4. The van der Waals surface area contributed by atoms with Crippen molar-refractivity contribution in [2.75, 3.05) is 20.2 Å². The van der Waals surface area contributed by atoms with Crippen LogP contribution in [0.25, 0.3) is 0 Å². The topological polar surface area (TPSA) is 95.9 Å². The van der Waals surface area contributed by atoms with Crippen LogP contribution in [-0.2, 0) is 14.3 Å². The highest BCUT2D eigenvalue weighted by atomic mass is 16.5. The molecule has 1 rings (SSSR count). The Morgan fingerprint density at radius 1 is 1.37 bits per heavy atom. The SMILES string of the molecule is COC(=O)CN(C(=O)NCC1(C(=O)O)CC1)C(C)C. The highest BCUT2D eigenvalue weighted by Gasteiger charge is 2.50. The lowest BCUT2D eigenvalue weighted by atomic mass is 10.1. The molecule has 0 aromatic carbocycles. The first-order chi connectivity index (χ1) is 8.82. The second kappa shape index (κ2) is 5.90. The standard InChI is InChI=1S/C12H20N2O5/c1-8(2)14(6-9(15)19-3)11(18)13-7-12(4-5-12)10(16)17/h8H,4-7H2,1-3H3,(H,13,18)(H,16,17). The molecule has 1 fully saturated rings. The number of carbonyl (C=O) groups excluding carboxylic acids is 2. The third kappa shape index (κ3) is 3.84. The molecule has 0 aromatic heterocycles. The normalized spacial score (nSPS) is 15.8. The Labute approximate surface area is 111 Å². The molecule has 0 unspecified atom stereocenters. The average Bonchev–Trinajstić information content (AvgIpc) is 3.13. The lowest BCUT2D eigenvalue weighted by molar-refractivity contribution is -0.143. The molecule has 108 valence electrons. The minimum Gasteiger partial charge on any atom is -0.481 e. The minimum absolute atomic E-state index is 0.0888. The quantitative estimate of drug-likeness (QED) is 0.684. The van der Waals surface area contributed by atoms with E-state index in [2.05, 4.69) is 10.1 Å². The van der Waals surface area contributed by atoms with Gasteiger partial charge in [-0.1, -0.05) is 0 Å². The third-order valence-corrected chi connectivity index (χ3v) is 3.30. The third-order valence-electron chi connectivity index (χ3n) is 3.30. The molecule has 0 bridgehead atoms. The summed E-state index contributed by atoms with van der Waals surface area (Å²) in [5.74, 6) is -1.40. The van der Waals surface area contributed by atoms with E-state index >= 15 is 0 Å². The molecule has 1 saturated carbocycles. The van der Waals surface area contributed by atoms with Gasteiger partial charge in [0.25, 0.3) is 0 Å². The number of nitrogens with one attached hydrogen (secondary N) is 1. The first kappa shape index (κ1) is 15.3.